The maximum absolute atomic E-state index is 6.29. The van der Waals surface area contributed by atoms with Crippen LogP contribution in [0.25, 0.3) is 0 Å². The van der Waals surface area contributed by atoms with Crippen molar-refractivity contribution in [1.82, 2.24) is 9.97 Å². The monoisotopic (exact) mass is 275 g/mol. The third kappa shape index (κ3) is 3.39. The van der Waals surface area contributed by atoms with Gasteiger partial charge in [0.05, 0.1) is 10.7 Å². The average Bonchev–Trinajstić information content (AvgIpc) is 2.77. The van der Waals surface area contributed by atoms with E-state index in [1.807, 2.05) is 19.2 Å². The average molecular weight is 275 g/mol. The largest absolute Gasteiger partial charge is 0.324 e. The predicted molar refractivity (Wildman–Crippen MR) is 80.4 cm³/mol. The van der Waals surface area contributed by atoms with Crippen LogP contribution in [-0.4, -0.2) is 9.97 Å². The summed E-state index contributed by atoms with van der Waals surface area (Å²) in [7, 11) is 0. The minimum Gasteiger partial charge on any atom is -0.324 e. The third-order valence-electron chi connectivity index (χ3n) is 3.18. The Kier molecular flexibility index (Phi) is 4.02. The molecule has 3 nitrogen and oxygen atoms in total. The van der Waals surface area contributed by atoms with E-state index in [0.717, 1.165) is 28.2 Å². The number of hydrogen-bond acceptors (Lipinski definition) is 4. The second-order valence-corrected chi connectivity index (χ2v) is 6.86. The maximum Gasteiger partial charge on any atom is 0.0947 e. The first kappa shape index (κ1) is 14.2. The van der Waals surface area contributed by atoms with Gasteiger partial charge in [-0.05, 0) is 24.1 Å². The molecule has 2 N–H and O–H groups in total. The van der Waals surface area contributed by atoms with Crippen molar-refractivity contribution >= 4 is 11.3 Å². The van der Waals surface area contributed by atoms with E-state index in [4.69, 9.17) is 10.7 Å². The highest BCUT2D eigenvalue weighted by atomic mass is 32.1. The van der Waals surface area contributed by atoms with Gasteiger partial charge in [-0.1, -0.05) is 20.8 Å². The molecule has 2 rings (SSSR count). The quantitative estimate of drug-likeness (QED) is 0.934. The zero-order valence-corrected chi connectivity index (χ0v) is 12.8. The van der Waals surface area contributed by atoms with Crippen molar-refractivity contribution in [1.29, 1.82) is 0 Å². The third-order valence-corrected chi connectivity index (χ3v) is 4.05. The topological polar surface area (TPSA) is 51.8 Å². The molecule has 2 aromatic rings. The van der Waals surface area contributed by atoms with E-state index in [1.165, 1.54) is 0 Å². The number of pyridine rings is 1. The van der Waals surface area contributed by atoms with Crippen LogP contribution in [-0.2, 0) is 11.8 Å². The van der Waals surface area contributed by atoms with Gasteiger partial charge in [0, 0.05) is 35.7 Å². The van der Waals surface area contributed by atoms with Gasteiger partial charge in [0.25, 0.3) is 0 Å². The lowest BCUT2D eigenvalue weighted by Gasteiger charge is -2.15. The lowest BCUT2D eigenvalue weighted by Crippen LogP contribution is -2.16. The summed E-state index contributed by atoms with van der Waals surface area (Å²) < 4.78 is 0. The van der Waals surface area contributed by atoms with E-state index in [9.17, 15) is 0 Å². The minimum atomic E-state index is -0.0121. The Morgan fingerprint density at radius 2 is 2.11 bits per heavy atom. The van der Waals surface area contributed by atoms with Crippen LogP contribution in [0.4, 0.5) is 0 Å². The first-order valence-electron chi connectivity index (χ1n) is 6.49. The van der Waals surface area contributed by atoms with Crippen molar-refractivity contribution in [2.75, 3.05) is 0 Å². The number of hydrogen-bond donors (Lipinski definition) is 1. The zero-order chi connectivity index (χ0) is 14.0. The molecular weight excluding hydrogens is 254 g/mol. The van der Waals surface area contributed by atoms with Crippen LogP contribution in [0.2, 0.25) is 0 Å². The Bertz CT molecular complexity index is 555. The van der Waals surface area contributed by atoms with Crippen LogP contribution in [0.3, 0.4) is 0 Å². The summed E-state index contributed by atoms with van der Waals surface area (Å²) in [6.45, 7) is 8.58. The maximum atomic E-state index is 6.29. The summed E-state index contributed by atoms with van der Waals surface area (Å²) in [6, 6.07) is 1.99. The smallest absolute Gasteiger partial charge is 0.0947 e. The van der Waals surface area contributed by atoms with Crippen molar-refractivity contribution in [2.24, 2.45) is 5.73 Å². The Morgan fingerprint density at radius 1 is 1.37 bits per heavy atom. The molecule has 0 aromatic carbocycles. The second-order valence-electron chi connectivity index (χ2n) is 5.92. The Morgan fingerprint density at radius 3 is 2.68 bits per heavy atom. The Labute approximate surface area is 118 Å². The van der Waals surface area contributed by atoms with Gasteiger partial charge in [0.2, 0.25) is 0 Å². The highest BCUT2D eigenvalue weighted by molar-refractivity contribution is 7.09. The molecule has 2 aromatic heterocycles. The number of thiazole rings is 1. The molecule has 0 amide bonds. The van der Waals surface area contributed by atoms with Gasteiger partial charge >= 0.3 is 0 Å². The molecule has 1 atom stereocenters. The molecule has 19 heavy (non-hydrogen) atoms. The number of rotatable bonds is 3. The summed E-state index contributed by atoms with van der Waals surface area (Å²) in [5.41, 5.74) is 9.83. The highest BCUT2D eigenvalue weighted by Crippen LogP contribution is 2.26. The lowest BCUT2D eigenvalue weighted by atomic mass is 9.93. The van der Waals surface area contributed by atoms with Crippen LogP contribution < -0.4 is 5.73 Å². The van der Waals surface area contributed by atoms with E-state index >= 15 is 0 Å². The van der Waals surface area contributed by atoms with Crippen LogP contribution in [0.5, 0.6) is 0 Å². The van der Waals surface area contributed by atoms with E-state index in [-0.39, 0.29) is 11.5 Å². The van der Waals surface area contributed by atoms with Crippen molar-refractivity contribution in [3.63, 3.8) is 0 Å². The molecule has 0 bridgehead atoms. The van der Waals surface area contributed by atoms with Gasteiger partial charge in [0.1, 0.15) is 0 Å². The molecule has 0 radical (unpaired) electrons. The van der Waals surface area contributed by atoms with Gasteiger partial charge < -0.3 is 5.73 Å². The van der Waals surface area contributed by atoms with Crippen LogP contribution >= 0.6 is 11.3 Å². The van der Waals surface area contributed by atoms with Crippen LogP contribution in [0.1, 0.15) is 48.6 Å². The second kappa shape index (κ2) is 5.39. The zero-order valence-electron chi connectivity index (χ0n) is 12.0. The van der Waals surface area contributed by atoms with Crippen molar-refractivity contribution < 1.29 is 0 Å². The van der Waals surface area contributed by atoms with E-state index < -0.39 is 0 Å². The lowest BCUT2D eigenvalue weighted by molar-refractivity contribution is 0.569. The summed E-state index contributed by atoms with van der Waals surface area (Å²) in [5.74, 6) is 0. The molecule has 0 fully saturated rings. The van der Waals surface area contributed by atoms with E-state index in [1.54, 1.807) is 17.5 Å². The van der Waals surface area contributed by atoms with Gasteiger partial charge in [-0.15, -0.1) is 11.3 Å². The fourth-order valence-electron chi connectivity index (χ4n) is 1.95. The summed E-state index contributed by atoms with van der Waals surface area (Å²) in [5, 5.41) is 3.25. The Balaban J connectivity index is 2.14. The van der Waals surface area contributed by atoms with E-state index in [2.05, 4.69) is 31.1 Å². The minimum absolute atomic E-state index is 0.0121. The van der Waals surface area contributed by atoms with Crippen molar-refractivity contribution in [3.8, 4) is 0 Å². The standard InChI is InChI=1S/C15H21N3S/c1-10-8-17-6-5-11(10)12(16)7-14-18-13(9-19-14)15(2,3)4/h5-6,8-9,12H,7,16H2,1-4H3. The normalized spacial score (nSPS) is 13.5. The first-order chi connectivity index (χ1) is 8.88. The van der Waals surface area contributed by atoms with Gasteiger partial charge in [-0.25, -0.2) is 4.98 Å². The number of nitrogens with zero attached hydrogens (tertiary/aromatic N) is 2. The predicted octanol–water partition coefficient (Wildman–Crippen LogP) is 3.39. The molecular formula is C15H21N3S. The van der Waals surface area contributed by atoms with Gasteiger partial charge in [0.15, 0.2) is 0 Å². The molecule has 0 aliphatic carbocycles. The number of aryl methyl sites for hydroxylation is 1. The SMILES string of the molecule is Cc1cnccc1C(N)Cc1nc(C(C)(C)C)cs1. The number of aromatic nitrogens is 2. The fourth-order valence-corrected chi connectivity index (χ4v) is 3.03. The molecule has 0 saturated heterocycles. The van der Waals surface area contributed by atoms with Crippen LogP contribution in [0, 0.1) is 6.92 Å². The van der Waals surface area contributed by atoms with Crippen molar-refractivity contribution in [2.45, 2.75) is 45.6 Å². The molecule has 2 heterocycles. The molecule has 0 spiro atoms. The number of nitrogens with two attached hydrogens (primary N) is 1. The molecule has 0 saturated carbocycles. The molecule has 0 aliphatic rings. The molecule has 4 heteroatoms. The van der Waals surface area contributed by atoms with Crippen LogP contribution in [0.15, 0.2) is 23.8 Å². The Hall–Kier alpha value is -1.26. The highest BCUT2D eigenvalue weighted by Gasteiger charge is 2.19. The first-order valence-corrected chi connectivity index (χ1v) is 7.37. The molecule has 0 aliphatic heterocycles. The summed E-state index contributed by atoms with van der Waals surface area (Å²) >= 11 is 1.70. The van der Waals surface area contributed by atoms with Crippen molar-refractivity contribution in [3.05, 3.63) is 45.7 Å². The van der Waals surface area contributed by atoms with Gasteiger partial charge in [-0.3, -0.25) is 4.98 Å². The molecule has 102 valence electrons. The fraction of sp³-hybridized carbons (Fsp3) is 0.467. The summed E-state index contributed by atoms with van der Waals surface area (Å²) in [4.78, 5) is 8.80. The summed E-state index contributed by atoms with van der Waals surface area (Å²) in [6.07, 6.45) is 4.44. The van der Waals surface area contributed by atoms with Gasteiger partial charge in [-0.2, -0.15) is 0 Å². The molecule has 1 unspecified atom stereocenters. The van der Waals surface area contributed by atoms with E-state index in [0.29, 0.717) is 0 Å².